The van der Waals surface area contributed by atoms with Gasteiger partial charge in [-0.15, -0.1) is 0 Å². The third kappa shape index (κ3) is 3.12. The smallest absolute Gasteiger partial charge is 0.254 e. The maximum Gasteiger partial charge on any atom is 0.254 e. The lowest BCUT2D eigenvalue weighted by Gasteiger charge is -2.22. The molecule has 132 valence electrons. The molecule has 0 radical (unpaired) electrons. The van der Waals surface area contributed by atoms with Gasteiger partial charge >= 0.3 is 0 Å². The van der Waals surface area contributed by atoms with Crippen molar-refractivity contribution in [3.63, 3.8) is 0 Å². The number of aryl methyl sites for hydroxylation is 1. The zero-order valence-electron chi connectivity index (χ0n) is 15.0. The summed E-state index contributed by atoms with van der Waals surface area (Å²) in [5, 5.41) is 6.73. The second kappa shape index (κ2) is 6.75. The van der Waals surface area contributed by atoms with E-state index in [0.717, 1.165) is 18.5 Å². The Bertz CT molecular complexity index is 902. The molecule has 1 aromatic heterocycles. The normalized spacial score (nSPS) is 19.7. The van der Waals surface area contributed by atoms with E-state index in [2.05, 4.69) is 53.3 Å². The quantitative estimate of drug-likeness (QED) is 0.785. The number of hydrogen-bond acceptors (Lipinski definition) is 3. The van der Waals surface area contributed by atoms with Gasteiger partial charge in [-0.25, -0.2) is 4.98 Å². The Kier molecular flexibility index (Phi) is 4.29. The van der Waals surface area contributed by atoms with Crippen molar-refractivity contribution < 1.29 is 4.79 Å². The second-order valence-electron chi connectivity index (χ2n) is 7.06. The lowest BCUT2D eigenvalue weighted by molar-refractivity contribution is 0.0746. The summed E-state index contributed by atoms with van der Waals surface area (Å²) in [6.07, 6.45) is 2.47. The lowest BCUT2D eigenvalue weighted by Crippen LogP contribution is -2.33. The van der Waals surface area contributed by atoms with Crippen molar-refractivity contribution in [3.05, 3.63) is 71.5 Å². The maximum atomic E-state index is 13.1. The van der Waals surface area contributed by atoms with Gasteiger partial charge in [0.25, 0.3) is 5.91 Å². The minimum absolute atomic E-state index is 0.0773. The van der Waals surface area contributed by atoms with Gasteiger partial charge in [-0.3, -0.25) is 9.89 Å². The molecule has 1 aliphatic rings. The number of H-pyrrole nitrogens is 1. The van der Waals surface area contributed by atoms with Crippen LogP contribution in [0.1, 0.15) is 40.7 Å². The fourth-order valence-corrected chi connectivity index (χ4v) is 3.70. The number of nitrogens with one attached hydrogen (secondary N) is 1. The molecule has 0 unspecified atom stereocenters. The van der Waals surface area contributed by atoms with Crippen molar-refractivity contribution in [2.45, 2.75) is 32.2 Å². The molecule has 5 nitrogen and oxygen atoms in total. The van der Waals surface area contributed by atoms with E-state index in [-0.39, 0.29) is 11.9 Å². The lowest BCUT2D eigenvalue weighted by atomic mass is 9.96. The Hall–Kier alpha value is -2.95. The van der Waals surface area contributed by atoms with Gasteiger partial charge in [0, 0.05) is 29.6 Å². The van der Waals surface area contributed by atoms with E-state index in [4.69, 9.17) is 0 Å². The van der Waals surface area contributed by atoms with E-state index in [0.29, 0.717) is 17.3 Å². The first-order valence-corrected chi connectivity index (χ1v) is 8.95. The second-order valence-corrected chi connectivity index (χ2v) is 7.06. The minimum Gasteiger partial charge on any atom is -0.335 e. The zero-order valence-corrected chi connectivity index (χ0v) is 15.0. The number of amides is 1. The number of carbonyl (C=O) groups excluding carboxylic acids is 1. The van der Waals surface area contributed by atoms with Gasteiger partial charge in [0.05, 0.1) is 0 Å². The highest BCUT2D eigenvalue weighted by molar-refractivity contribution is 5.95. The number of aromatic amines is 1. The van der Waals surface area contributed by atoms with Crippen molar-refractivity contribution in [3.8, 4) is 11.4 Å². The van der Waals surface area contributed by atoms with Gasteiger partial charge in [-0.1, -0.05) is 42.0 Å². The van der Waals surface area contributed by atoms with Gasteiger partial charge in [-0.05, 0) is 38.0 Å². The van der Waals surface area contributed by atoms with Gasteiger partial charge in [0.1, 0.15) is 6.33 Å². The number of rotatable bonds is 3. The Balaban J connectivity index is 1.55. The largest absolute Gasteiger partial charge is 0.335 e. The fourth-order valence-electron chi connectivity index (χ4n) is 3.70. The predicted molar refractivity (Wildman–Crippen MR) is 101 cm³/mol. The topological polar surface area (TPSA) is 61.9 Å². The van der Waals surface area contributed by atoms with E-state index < -0.39 is 0 Å². The Morgan fingerprint density at radius 3 is 2.73 bits per heavy atom. The molecule has 1 N–H and O–H groups in total. The molecular formula is C21H22N4O. The van der Waals surface area contributed by atoms with Gasteiger partial charge in [0.2, 0.25) is 0 Å². The van der Waals surface area contributed by atoms with Crippen LogP contribution in [0.15, 0.2) is 54.9 Å². The number of aromatic nitrogens is 3. The molecule has 0 spiro atoms. The van der Waals surface area contributed by atoms with Crippen LogP contribution in [-0.4, -0.2) is 38.6 Å². The Labute approximate surface area is 153 Å². The molecule has 0 aliphatic carbocycles. The van der Waals surface area contributed by atoms with Gasteiger partial charge in [0.15, 0.2) is 5.82 Å². The summed E-state index contributed by atoms with van der Waals surface area (Å²) in [4.78, 5) is 19.2. The molecule has 4 rings (SSSR count). The number of carbonyl (C=O) groups is 1. The van der Waals surface area contributed by atoms with E-state index in [1.807, 2.05) is 29.2 Å². The number of benzene rings is 2. The molecule has 2 heterocycles. The molecule has 1 fully saturated rings. The van der Waals surface area contributed by atoms with Gasteiger partial charge in [-0.2, -0.15) is 5.10 Å². The van der Waals surface area contributed by atoms with Crippen LogP contribution < -0.4 is 0 Å². The highest BCUT2D eigenvalue weighted by atomic mass is 16.2. The van der Waals surface area contributed by atoms with Crippen molar-refractivity contribution in [1.29, 1.82) is 0 Å². The van der Waals surface area contributed by atoms with Crippen LogP contribution in [0.4, 0.5) is 0 Å². The fraction of sp³-hybridized carbons (Fsp3) is 0.286. The molecule has 2 aromatic carbocycles. The zero-order chi connectivity index (χ0) is 18.1. The van der Waals surface area contributed by atoms with Crippen LogP contribution in [0.5, 0.6) is 0 Å². The van der Waals surface area contributed by atoms with Crippen LogP contribution >= 0.6 is 0 Å². The van der Waals surface area contributed by atoms with Crippen molar-refractivity contribution >= 4 is 5.91 Å². The molecule has 1 amide bonds. The maximum absolute atomic E-state index is 13.1. The Morgan fingerprint density at radius 2 is 2.00 bits per heavy atom. The molecule has 26 heavy (non-hydrogen) atoms. The molecular weight excluding hydrogens is 324 g/mol. The third-order valence-corrected chi connectivity index (χ3v) is 5.18. The molecule has 0 saturated carbocycles. The highest BCUT2D eigenvalue weighted by Crippen LogP contribution is 2.33. The molecule has 3 aromatic rings. The van der Waals surface area contributed by atoms with Crippen molar-refractivity contribution in [2.75, 3.05) is 6.54 Å². The van der Waals surface area contributed by atoms with E-state index in [1.165, 1.54) is 17.5 Å². The van der Waals surface area contributed by atoms with Crippen LogP contribution in [0.3, 0.4) is 0 Å². The number of hydrogen-bond donors (Lipinski definition) is 1. The molecule has 1 saturated heterocycles. The average molecular weight is 346 g/mol. The van der Waals surface area contributed by atoms with Crippen LogP contribution in [0.2, 0.25) is 0 Å². The first kappa shape index (κ1) is 16.5. The standard InChI is InChI=1S/C21H22N4O/c1-14-6-8-16(9-7-14)19-10-15(2)25(12-19)21(26)18-5-3-4-17(11-18)20-22-13-23-24-20/h3-9,11,13,15,19H,10,12H2,1-2H3,(H,22,23,24)/t15-,19-/m1/s1. The molecule has 1 aliphatic heterocycles. The summed E-state index contributed by atoms with van der Waals surface area (Å²) in [5.74, 6) is 1.15. The monoisotopic (exact) mass is 346 g/mol. The van der Waals surface area contributed by atoms with E-state index in [9.17, 15) is 4.79 Å². The van der Waals surface area contributed by atoms with Crippen molar-refractivity contribution in [2.24, 2.45) is 0 Å². The summed E-state index contributed by atoms with van der Waals surface area (Å²) < 4.78 is 0. The summed E-state index contributed by atoms with van der Waals surface area (Å²) in [6, 6.07) is 16.5. The first-order valence-electron chi connectivity index (χ1n) is 8.95. The minimum atomic E-state index is 0.0773. The summed E-state index contributed by atoms with van der Waals surface area (Å²) >= 11 is 0. The van der Waals surface area contributed by atoms with Crippen LogP contribution in [0, 0.1) is 6.92 Å². The average Bonchev–Trinajstić information content (AvgIpc) is 3.32. The highest BCUT2D eigenvalue weighted by Gasteiger charge is 2.33. The van der Waals surface area contributed by atoms with Crippen LogP contribution in [0.25, 0.3) is 11.4 Å². The third-order valence-electron chi connectivity index (χ3n) is 5.18. The van der Waals surface area contributed by atoms with Crippen molar-refractivity contribution in [1.82, 2.24) is 20.1 Å². The number of nitrogens with zero attached hydrogens (tertiary/aromatic N) is 3. The predicted octanol–water partition coefficient (Wildman–Crippen LogP) is 3.80. The SMILES string of the molecule is Cc1ccc([C@@H]2C[C@@H](C)N(C(=O)c3cccc(-c4ncn[nH]4)c3)C2)cc1. The Morgan fingerprint density at radius 1 is 1.19 bits per heavy atom. The summed E-state index contributed by atoms with van der Waals surface area (Å²) in [5.41, 5.74) is 4.13. The summed E-state index contributed by atoms with van der Waals surface area (Å²) in [7, 11) is 0. The van der Waals surface area contributed by atoms with E-state index in [1.54, 1.807) is 0 Å². The summed E-state index contributed by atoms with van der Waals surface area (Å²) in [6.45, 7) is 4.99. The molecule has 5 heteroatoms. The number of likely N-dealkylation sites (tertiary alicyclic amines) is 1. The first-order chi connectivity index (χ1) is 12.6. The van der Waals surface area contributed by atoms with Crippen LogP contribution in [-0.2, 0) is 0 Å². The molecule has 0 bridgehead atoms. The molecule has 2 atom stereocenters. The van der Waals surface area contributed by atoms with Gasteiger partial charge < -0.3 is 4.90 Å². The van der Waals surface area contributed by atoms with E-state index >= 15 is 0 Å².